The summed E-state index contributed by atoms with van der Waals surface area (Å²) < 4.78 is 25.9. The molecular formula is C12H17N3O2S. The molecule has 6 heteroatoms. The lowest BCUT2D eigenvalue weighted by atomic mass is 10.2. The second kappa shape index (κ2) is 7.09. The molecule has 0 amide bonds. The lowest BCUT2D eigenvalue weighted by Gasteiger charge is -2.10. The fraction of sp³-hybridized carbons (Fsp3) is 0.500. The minimum atomic E-state index is -3.41. The van der Waals surface area contributed by atoms with Gasteiger partial charge in [-0.05, 0) is 30.5 Å². The van der Waals surface area contributed by atoms with Gasteiger partial charge in [0.2, 0.25) is 10.0 Å². The lowest BCUT2D eigenvalue weighted by molar-refractivity contribution is 0.562. The maximum absolute atomic E-state index is 11.8. The predicted octanol–water partition coefficient (Wildman–Crippen LogP) is 1.24. The lowest BCUT2D eigenvalue weighted by Crippen LogP contribution is -2.35. The molecule has 0 fully saturated rings. The molecule has 1 atom stereocenters. The van der Waals surface area contributed by atoms with E-state index in [2.05, 4.69) is 9.71 Å². The van der Waals surface area contributed by atoms with Crippen LogP contribution in [0.15, 0.2) is 24.5 Å². The normalized spacial score (nSPS) is 12.9. The largest absolute Gasteiger partial charge is 0.265 e. The number of rotatable bonds is 7. The van der Waals surface area contributed by atoms with Gasteiger partial charge < -0.3 is 0 Å². The monoisotopic (exact) mass is 267 g/mol. The molecule has 98 valence electrons. The molecule has 1 aromatic rings. The zero-order valence-electron chi connectivity index (χ0n) is 10.3. The Kier molecular flexibility index (Phi) is 5.75. The average molecular weight is 267 g/mol. The van der Waals surface area contributed by atoms with Crippen LogP contribution >= 0.6 is 0 Å². The van der Waals surface area contributed by atoms with E-state index in [4.69, 9.17) is 5.26 Å². The molecule has 1 unspecified atom stereocenters. The zero-order valence-corrected chi connectivity index (χ0v) is 11.2. The highest BCUT2D eigenvalue weighted by atomic mass is 32.2. The molecule has 0 aliphatic rings. The van der Waals surface area contributed by atoms with Crippen molar-refractivity contribution in [1.29, 1.82) is 5.26 Å². The molecule has 0 radical (unpaired) electrons. The van der Waals surface area contributed by atoms with Gasteiger partial charge in [0, 0.05) is 12.4 Å². The summed E-state index contributed by atoms with van der Waals surface area (Å²) in [4.78, 5) is 3.87. The van der Waals surface area contributed by atoms with Gasteiger partial charge in [0.15, 0.2) is 0 Å². The molecule has 0 aliphatic carbocycles. The quantitative estimate of drug-likeness (QED) is 0.805. The summed E-state index contributed by atoms with van der Waals surface area (Å²) in [5, 5.41) is 8.82. The Morgan fingerprint density at radius 2 is 2.11 bits per heavy atom. The summed E-state index contributed by atoms with van der Waals surface area (Å²) in [5.41, 5.74) is 0.916. The fourth-order valence-electron chi connectivity index (χ4n) is 1.52. The Morgan fingerprint density at radius 3 is 2.67 bits per heavy atom. The maximum Gasteiger partial charge on any atom is 0.213 e. The van der Waals surface area contributed by atoms with Crippen molar-refractivity contribution in [2.75, 3.05) is 5.75 Å². The van der Waals surface area contributed by atoms with E-state index in [1.54, 1.807) is 24.5 Å². The molecular weight excluding hydrogens is 250 g/mol. The minimum Gasteiger partial charge on any atom is -0.265 e. The number of nitrogens with one attached hydrogen (secondary N) is 1. The van der Waals surface area contributed by atoms with Crippen LogP contribution in [-0.4, -0.2) is 25.2 Å². The first-order valence-electron chi connectivity index (χ1n) is 5.86. The van der Waals surface area contributed by atoms with E-state index in [-0.39, 0.29) is 5.75 Å². The van der Waals surface area contributed by atoms with Crippen LogP contribution in [-0.2, 0) is 16.4 Å². The van der Waals surface area contributed by atoms with Crippen LogP contribution in [0, 0.1) is 11.3 Å². The molecule has 1 heterocycles. The Hall–Kier alpha value is -1.45. The van der Waals surface area contributed by atoms with Crippen LogP contribution in [0.4, 0.5) is 0 Å². The highest BCUT2D eigenvalue weighted by Crippen LogP contribution is 2.02. The molecule has 0 saturated heterocycles. The second-order valence-electron chi connectivity index (χ2n) is 4.01. The number of sulfonamides is 1. The number of nitriles is 1. The van der Waals surface area contributed by atoms with Crippen molar-refractivity contribution < 1.29 is 8.42 Å². The first-order valence-corrected chi connectivity index (χ1v) is 7.51. The summed E-state index contributed by atoms with van der Waals surface area (Å²) in [7, 11) is -3.41. The van der Waals surface area contributed by atoms with E-state index >= 15 is 0 Å². The SMILES string of the molecule is CCCC(C#N)NS(=O)(=O)CCc1ccncc1. The number of hydrogen-bond donors (Lipinski definition) is 1. The molecule has 0 saturated carbocycles. The van der Waals surface area contributed by atoms with E-state index < -0.39 is 16.1 Å². The van der Waals surface area contributed by atoms with Gasteiger partial charge in [0.1, 0.15) is 6.04 Å². The third kappa shape index (κ3) is 5.25. The van der Waals surface area contributed by atoms with E-state index in [1.165, 1.54) is 0 Å². The van der Waals surface area contributed by atoms with Crippen LogP contribution in [0.5, 0.6) is 0 Å². The highest BCUT2D eigenvalue weighted by Gasteiger charge is 2.16. The van der Waals surface area contributed by atoms with Crippen LogP contribution in [0.25, 0.3) is 0 Å². The minimum absolute atomic E-state index is 0.0150. The maximum atomic E-state index is 11.8. The van der Waals surface area contributed by atoms with Gasteiger partial charge in [-0.2, -0.15) is 9.98 Å². The van der Waals surface area contributed by atoms with Crippen LogP contribution in [0.3, 0.4) is 0 Å². The van der Waals surface area contributed by atoms with Gasteiger partial charge in [-0.1, -0.05) is 13.3 Å². The van der Waals surface area contributed by atoms with Crippen molar-refractivity contribution >= 4 is 10.0 Å². The molecule has 1 aromatic heterocycles. The molecule has 0 spiro atoms. The van der Waals surface area contributed by atoms with Crippen molar-refractivity contribution in [3.63, 3.8) is 0 Å². The molecule has 18 heavy (non-hydrogen) atoms. The summed E-state index contributed by atoms with van der Waals surface area (Å²) in [6, 6.07) is 4.89. The van der Waals surface area contributed by atoms with Gasteiger partial charge in [-0.3, -0.25) is 4.98 Å². The van der Waals surface area contributed by atoms with Crippen molar-refractivity contribution in [2.24, 2.45) is 0 Å². The van der Waals surface area contributed by atoms with Crippen molar-refractivity contribution in [3.05, 3.63) is 30.1 Å². The van der Waals surface area contributed by atoms with Gasteiger partial charge in [-0.25, -0.2) is 8.42 Å². The van der Waals surface area contributed by atoms with Crippen LogP contribution in [0.2, 0.25) is 0 Å². The van der Waals surface area contributed by atoms with Gasteiger partial charge in [0.05, 0.1) is 11.8 Å². The number of aromatic nitrogens is 1. The number of pyridine rings is 1. The summed E-state index contributed by atoms with van der Waals surface area (Å²) in [6.45, 7) is 1.91. The van der Waals surface area contributed by atoms with Gasteiger partial charge >= 0.3 is 0 Å². The van der Waals surface area contributed by atoms with E-state index in [1.807, 2.05) is 13.0 Å². The first-order chi connectivity index (χ1) is 8.57. The Morgan fingerprint density at radius 1 is 1.44 bits per heavy atom. The summed E-state index contributed by atoms with van der Waals surface area (Å²) in [6.07, 6.45) is 4.98. The first kappa shape index (κ1) is 14.6. The standard InChI is InChI=1S/C12H17N3O2S/c1-2-3-12(10-13)15-18(16,17)9-6-11-4-7-14-8-5-11/h4-5,7-8,12,15H,2-3,6,9H2,1H3. The smallest absolute Gasteiger partial charge is 0.213 e. The van der Waals surface area contributed by atoms with Crippen molar-refractivity contribution in [1.82, 2.24) is 9.71 Å². The number of aryl methyl sites for hydroxylation is 1. The Labute approximate surface area is 108 Å². The van der Waals surface area contributed by atoms with Gasteiger partial charge in [0.25, 0.3) is 0 Å². The molecule has 0 bridgehead atoms. The Balaban J connectivity index is 2.52. The molecule has 0 aliphatic heterocycles. The predicted molar refractivity (Wildman–Crippen MR) is 69.2 cm³/mol. The number of nitrogens with zero attached hydrogens (tertiary/aromatic N) is 2. The third-order valence-corrected chi connectivity index (χ3v) is 3.85. The van der Waals surface area contributed by atoms with E-state index in [9.17, 15) is 8.42 Å². The van der Waals surface area contributed by atoms with E-state index in [0.717, 1.165) is 12.0 Å². The van der Waals surface area contributed by atoms with Gasteiger partial charge in [-0.15, -0.1) is 0 Å². The number of hydrogen-bond acceptors (Lipinski definition) is 4. The third-order valence-electron chi connectivity index (χ3n) is 2.46. The average Bonchev–Trinajstić information content (AvgIpc) is 2.37. The topological polar surface area (TPSA) is 82.9 Å². The van der Waals surface area contributed by atoms with Crippen LogP contribution in [0.1, 0.15) is 25.3 Å². The fourth-order valence-corrected chi connectivity index (χ4v) is 2.74. The van der Waals surface area contributed by atoms with Crippen LogP contribution < -0.4 is 4.72 Å². The molecule has 0 aromatic carbocycles. The van der Waals surface area contributed by atoms with Crippen molar-refractivity contribution in [2.45, 2.75) is 32.2 Å². The molecule has 1 N–H and O–H groups in total. The molecule has 1 rings (SSSR count). The zero-order chi connectivity index (χ0) is 13.4. The van der Waals surface area contributed by atoms with E-state index in [0.29, 0.717) is 12.8 Å². The highest BCUT2D eigenvalue weighted by molar-refractivity contribution is 7.89. The van der Waals surface area contributed by atoms with Crippen molar-refractivity contribution in [3.8, 4) is 6.07 Å². The second-order valence-corrected chi connectivity index (χ2v) is 5.89. The molecule has 5 nitrogen and oxygen atoms in total. The summed E-state index contributed by atoms with van der Waals surface area (Å²) in [5.74, 6) is -0.0150. The summed E-state index contributed by atoms with van der Waals surface area (Å²) >= 11 is 0. The Bertz CT molecular complexity index is 494.